The Labute approximate surface area is 304 Å². The molecule has 2 aromatic rings. The third kappa shape index (κ3) is 6.72. The number of carbonyl (C=O) groups excluding carboxylic acids is 2. The Bertz CT molecular complexity index is 1770. The molecule has 5 heterocycles. The number of aromatic amines is 1. The van der Waals surface area contributed by atoms with E-state index in [4.69, 9.17) is 18.9 Å². The van der Waals surface area contributed by atoms with Gasteiger partial charge in [0.2, 0.25) is 5.91 Å². The number of carbonyl (C=O) groups is 2. The molecule has 0 aromatic carbocycles. The highest BCUT2D eigenvalue weighted by molar-refractivity contribution is 6.74. The van der Waals surface area contributed by atoms with Crippen molar-refractivity contribution >= 4 is 36.9 Å². The number of nitrogens with zero attached hydrogens (tertiary/aromatic N) is 3. The number of piperidine rings is 1. The quantitative estimate of drug-likeness (QED) is 0.322. The molecule has 2 amide bonds. The number of hydrogen-bond acceptors (Lipinski definition) is 7. The first-order valence-corrected chi connectivity index (χ1v) is 22.0. The van der Waals surface area contributed by atoms with E-state index in [1.807, 2.05) is 33.2 Å². The molecule has 1 saturated carbocycles. The lowest BCUT2D eigenvalue weighted by atomic mass is 9.63. The van der Waals surface area contributed by atoms with Crippen molar-refractivity contribution in [2.75, 3.05) is 45.9 Å². The standard InChI is InChI=1S/C40H59N5O5Si/c1-26-20-42-34-31(26)17-30(21-43-34)29-16-28-11-13-41-22-32(28)40(19-29,33-24-44(14-15-48-33)36(47)49-37(2,3)4)35(46)45-23-27-10-12-39(18-27,25-45)50-51(8,9)38(5,6)7/h16-17,20-21,27,33,41H,10-15,18-19,22-25H2,1-9H3,(H,42,43). The molecule has 4 unspecified atom stereocenters. The summed E-state index contributed by atoms with van der Waals surface area (Å²) in [5.41, 5.74) is 4.40. The third-order valence-corrected chi connectivity index (χ3v) is 17.1. The summed E-state index contributed by atoms with van der Waals surface area (Å²) >= 11 is 0. The highest BCUT2D eigenvalue weighted by atomic mass is 28.4. The maximum Gasteiger partial charge on any atom is 0.410 e. The number of allylic oxidation sites excluding steroid dienone is 2. The van der Waals surface area contributed by atoms with Crippen LogP contribution in [0, 0.1) is 18.3 Å². The Hall–Kier alpha value is -2.99. The van der Waals surface area contributed by atoms with Gasteiger partial charge in [-0.2, -0.15) is 0 Å². The lowest BCUT2D eigenvalue weighted by Crippen LogP contribution is -2.64. The Balaban J connectivity index is 1.32. The number of fused-ring (bicyclic) bond motifs is 3. The van der Waals surface area contributed by atoms with Crippen molar-refractivity contribution in [1.82, 2.24) is 25.1 Å². The molecule has 2 saturated heterocycles. The summed E-state index contributed by atoms with van der Waals surface area (Å²) in [6.07, 6.45) is 9.65. The SMILES string of the molecule is Cc1c[nH]c2ncc(C3=CC4=C(CNCC4)C(C(=O)N4CC5CCC(O[Si](C)(C)C(C)(C)C)(C5)C4)(C4CN(C(=O)OC(C)(C)C)CCO4)C3)cc12. The van der Waals surface area contributed by atoms with E-state index in [2.05, 4.69) is 68.1 Å². The Kier molecular flexibility index (Phi) is 9.16. The molecule has 7 rings (SSSR count). The van der Waals surface area contributed by atoms with Gasteiger partial charge in [-0.25, -0.2) is 9.78 Å². The number of hydrogen-bond donors (Lipinski definition) is 2. The van der Waals surface area contributed by atoms with Gasteiger partial charge >= 0.3 is 6.09 Å². The van der Waals surface area contributed by atoms with E-state index in [1.165, 1.54) is 5.57 Å². The molecular formula is C40H59N5O5Si. The van der Waals surface area contributed by atoms with Crippen LogP contribution in [0.5, 0.6) is 0 Å². The van der Waals surface area contributed by atoms with Crippen molar-refractivity contribution < 1.29 is 23.5 Å². The van der Waals surface area contributed by atoms with Crippen molar-refractivity contribution in [2.24, 2.45) is 11.3 Å². The predicted octanol–water partition coefficient (Wildman–Crippen LogP) is 6.97. The lowest BCUT2D eigenvalue weighted by Gasteiger charge is -2.53. The largest absolute Gasteiger partial charge is 0.444 e. The van der Waals surface area contributed by atoms with Gasteiger partial charge in [0.05, 0.1) is 24.9 Å². The average Bonchev–Trinajstić information content (AvgIpc) is 3.58. The molecule has 2 aliphatic carbocycles. The van der Waals surface area contributed by atoms with Gasteiger partial charge in [-0.1, -0.05) is 26.8 Å². The fourth-order valence-corrected chi connectivity index (χ4v) is 10.7. The Morgan fingerprint density at radius 1 is 1.12 bits per heavy atom. The molecular weight excluding hydrogens is 659 g/mol. The van der Waals surface area contributed by atoms with Gasteiger partial charge in [0, 0.05) is 44.0 Å². The van der Waals surface area contributed by atoms with Crippen molar-refractivity contribution in [3.05, 3.63) is 46.8 Å². The summed E-state index contributed by atoms with van der Waals surface area (Å²) < 4.78 is 19.9. The van der Waals surface area contributed by atoms with Crippen molar-refractivity contribution in [3.8, 4) is 0 Å². The molecule has 5 aliphatic rings. The number of nitrogens with one attached hydrogen (secondary N) is 2. The molecule has 0 radical (unpaired) electrons. The second kappa shape index (κ2) is 12.8. The van der Waals surface area contributed by atoms with E-state index >= 15 is 4.79 Å². The van der Waals surface area contributed by atoms with Crippen molar-refractivity contribution in [1.29, 1.82) is 0 Å². The van der Waals surface area contributed by atoms with Crippen molar-refractivity contribution in [2.45, 2.75) is 116 Å². The number of aryl methyl sites for hydroxylation is 1. The molecule has 2 N–H and O–H groups in total. The number of morpholine rings is 1. The van der Waals surface area contributed by atoms with Gasteiger partial charge in [-0.15, -0.1) is 0 Å². The summed E-state index contributed by atoms with van der Waals surface area (Å²) in [6.45, 7) is 23.1. The summed E-state index contributed by atoms with van der Waals surface area (Å²) in [5.74, 6) is 0.497. The first-order valence-electron chi connectivity index (χ1n) is 19.1. The zero-order valence-electron chi connectivity index (χ0n) is 32.3. The molecule has 3 fully saturated rings. The van der Waals surface area contributed by atoms with E-state index in [0.717, 1.165) is 72.1 Å². The fraction of sp³-hybridized carbons (Fsp3) is 0.675. The minimum absolute atomic E-state index is 0.0674. The summed E-state index contributed by atoms with van der Waals surface area (Å²) in [6, 6.07) is 2.21. The van der Waals surface area contributed by atoms with E-state index in [0.29, 0.717) is 38.6 Å². The number of rotatable bonds is 5. The fourth-order valence-electron chi connectivity index (χ4n) is 9.04. The van der Waals surface area contributed by atoms with Crippen LogP contribution in [0.15, 0.2) is 35.7 Å². The molecule has 2 bridgehead atoms. The molecule has 51 heavy (non-hydrogen) atoms. The summed E-state index contributed by atoms with van der Waals surface area (Å²) in [5, 5.41) is 4.76. The average molecular weight is 718 g/mol. The minimum atomic E-state index is -2.12. The molecule has 11 heteroatoms. The third-order valence-electron chi connectivity index (χ3n) is 12.6. The number of ether oxygens (including phenoxy) is 2. The second-order valence-electron chi connectivity index (χ2n) is 18.5. The second-order valence-corrected chi connectivity index (χ2v) is 23.2. The molecule has 3 aliphatic heterocycles. The highest BCUT2D eigenvalue weighted by Crippen LogP contribution is 2.53. The van der Waals surface area contributed by atoms with Crippen LogP contribution in [-0.4, -0.2) is 103 Å². The van der Waals surface area contributed by atoms with Gasteiger partial charge < -0.3 is 34.0 Å². The topological polar surface area (TPSA) is 109 Å². The van der Waals surface area contributed by atoms with Crippen LogP contribution in [0.3, 0.4) is 0 Å². The number of aromatic nitrogens is 2. The predicted molar refractivity (Wildman–Crippen MR) is 203 cm³/mol. The highest BCUT2D eigenvalue weighted by Gasteiger charge is 2.59. The first-order chi connectivity index (χ1) is 23.9. The zero-order chi connectivity index (χ0) is 36.6. The normalized spacial score (nSPS) is 28.9. The lowest BCUT2D eigenvalue weighted by molar-refractivity contribution is -0.160. The smallest absolute Gasteiger partial charge is 0.410 e. The summed E-state index contributed by atoms with van der Waals surface area (Å²) in [7, 11) is -2.12. The van der Waals surface area contributed by atoms with E-state index in [-0.39, 0.29) is 29.2 Å². The van der Waals surface area contributed by atoms with Gasteiger partial charge in [-0.05, 0) is 124 Å². The number of likely N-dealkylation sites (tertiary alicyclic amines) is 1. The monoisotopic (exact) mass is 717 g/mol. The van der Waals surface area contributed by atoms with Crippen LogP contribution in [0.4, 0.5) is 4.79 Å². The minimum Gasteiger partial charge on any atom is -0.444 e. The van der Waals surface area contributed by atoms with E-state index in [9.17, 15) is 4.79 Å². The van der Waals surface area contributed by atoms with Crippen LogP contribution in [0.1, 0.15) is 84.8 Å². The molecule has 10 nitrogen and oxygen atoms in total. The van der Waals surface area contributed by atoms with E-state index in [1.54, 1.807) is 4.90 Å². The van der Waals surface area contributed by atoms with Gasteiger partial charge in [0.25, 0.3) is 0 Å². The summed E-state index contributed by atoms with van der Waals surface area (Å²) in [4.78, 5) is 41.5. The van der Waals surface area contributed by atoms with Gasteiger partial charge in [-0.3, -0.25) is 4.79 Å². The Morgan fingerprint density at radius 2 is 1.90 bits per heavy atom. The molecule has 4 atom stereocenters. The number of amides is 2. The van der Waals surface area contributed by atoms with Crippen LogP contribution in [0.2, 0.25) is 18.1 Å². The molecule has 2 aromatic heterocycles. The van der Waals surface area contributed by atoms with Crippen LogP contribution < -0.4 is 5.32 Å². The maximum absolute atomic E-state index is 15.9. The van der Waals surface area contributed by atoms with Gasteiger partial charge in [0.15, 0.2) is 8.32 Å². The molecule has 278 valence electrons. The van der Waals surface area contributed by atoms with Crippen LogP contribution >= 0.6 is 0 Å². The number of pyridine rings is 1. The zero-order valence-corrected chi connectivity index (χ0v) is 33.3. The Morgan fingerprint density at radius 3 is 2.65 bits per heavy atom. The van der Waals surface area contributed by atoms with E-state index < -0.39 is 25.4 Å². The van der Waals surface area contributed by atoms with Crippen LogP contribution in [0.25, 0.3) is 16.6 Å². The van der Waals surface area contributed by atoms with Crippen LogP contribution in [-0.2, 0) is 18.7 Å². The van der Waals surface area contributed by atoms with Gasteiger partial charge in [0.1, 0.15) is 16.7 Å². The van der Waals surface area contributed by atoms with Crippen molar-refractivity contribution in [3.63, 3.8) is 0 Å². The maximum atomic E-state index is 15.9. The number of H-pyrrole nitrogens is 1. The molecule has 0 spiro atoms. The first kappa shape index (κ1) is 36.4.